The Balaban J connectivity index is 1.53. The lowest BCUT2D eigenvalue weighted by molar-refractivity contribution is -0.121. The Morgan fingerprint density at radius 3 is 2.43 bits per heavy atom. The molecule has 0 saturated carbocycles. The van der Waals surface area contributed by atoms with Gasteiger partial charge in [-0.1, -0.05) is 58.7 Å². The number of pyridine rings is 1. The van der Waals surface area contributed by atoms with Gasteiger partial charge in [-0.2, -0.15) is 0 Å². The number of carbonyl (C=O) groups excluding carboxylic acids is 1. The highest BCUT2D eigenvalue weighted by atomic mass is 35.5. The first kappa shape index (κ1) is 24.5. The second-order valence-electron chi connectivity index (χ2n) is 8.37. The molecule has 0 aliphatic rings. The van der Waals surface area contributed by atoms with Gasteiger partial charge in [0.25, 0.3) is 5.56 Å². The van der Waals surface area contributed by atoms with Crippen molar-refractivity contribution in [1.82, 2.24) is 29.5 Å². The Morgan fingerprint density at radius 2 is 1.73 bits per heavy atom. The average molecular weight is 531 g/mol. The second kappa shape index (κ2) is 10.9. The van der Waals surface area contributed by atoms with Gasteiger partial charge in [0.05, 0.1) is 23.9 Å². The van der Waals surface area contributed by atoms with Gasteiger partial charge in [0.2, 0.25) is 0 Å². The molecule has 0 spiro atoms. The molecule has 0 bridgehead atoms. The molecule has 5 aromatic rings. The molecule has 0 aliphatic carbocycles. The van der Waals surface area contributed by atoms with Crippen molar-refractivity contribution < 1.29 is 4.79 Å². The number of aromatic nitrogens is 6. The molecule has 0 unspecified atom stereocenters. The van der Waals surface area contributed by atoms with Gasteiger partial charge in [0.1, 0.15) is 6.04 Å². The van der Waals surface area contributed by atoms with Gasteiger partial charge in [0.15, 0.2) is 10.9 Å². The number of nitrogens with zero attached hydrogens (tertiary/aromatic N) is 6. The number of ketones is 1. The first-order valence-electron chi connectivity index (χ1n) is 11.4. The summed E-state index contributed by atoms with van der Waals surface area (Å²) in [7, 11) is 0. The van der Waals surface area contributed by atoms with E-state index in [1.54, 1.807) is 48.9 Å². The summed E-state index contributed by atoms with van der Waals surface area (Å²) >= 11 is 12.2. The van der Waals surface area contributed by atoms with Crippen LogP contribution >= 0.6 is 23.2 Å². The third-order valence-corrected chi connectivity index (χ3v) is 6.30. The van der Waals surface area contributed by atoms with Crippen molar-refractivity contribution in [1.29, 1.82) is 0 Å². The highest BCUT2D eigenvalue weighted by Gasteiger charge is 2.23. The van der Waals surface area contributed by atoms with E-state index in [1.165, 1.54) is 21.6 Å². The predicted octanol–water partition coefficient (Wildman–Crippen LogP) is 4.79. The molecular weight excluding hydrogens is 511 g/mol. The van der Waals surface area contributed by atoms with E-state index in [0.717, 1.165) is 11.1 Å². The lowest BCUT2D eigenvalue weighted by Crippen LogP contribution is -2.32. The molecular formula is C27H20Cl2N6O2. The first-order chi connectivity index (χ1) is 18.0. The van der Waals surface area contributed by atoms with Crippen molar-refractivity contribution in [2.24, 2.45) is 0 Å². The zero-order chi connectivity index (χ0) is 25.8. The minimum atomic E-state index is -0.738. The SMILES string of the molecule is O=C(Cc1ccncc1)[C@H](Cc1ccccc1)n1cnc(-c2cc(Cl)ccc2-n2cc(Cl)nn2)cc1=O. The summed E-state index contributed by atoms with van der Waals surface area (Å²) in [5.41, 5.74) is 2.95. The van der Waals surface area contributed by atoms with Crippen LogP contribution in [-0.4, -0.2) is 35.3 Å². The molecule has 3 heterocycles. The van der Waals surface area contributed by atoms with Crippen molar-refractivity contribution >= 4 is 29.0 Å². The Hall–Kier alpha value is -4.14. The van der Waals surface area contributed by atoms with Crippen LogP contribution in [0, 0.1) is 0 Å². The average Bonchev–Trinajstić information content (AvgIpc) is 3.34. The Kier molecular flexibility index (Phi) is 7.20. The summed E-state index contributed by atoms with van der Waals surface area (Å²) in [6, 6.07) is 18.9. The molecule has 2 aromatic carbocycles. The summed E-state index contributed by atoms with van der Waals surface area (Å²) < 4.78 is 2.87. The number of carbonyl (C=O) groups is 1. The molecule has 0 saturated heterocycles. The number of rotatable bonds is 8. The molecule has 8 nitrogen and oxygen atoms in total. The largest absolute Gasteiger partial charge is 0.297 e. The molecule has 10 heteroatoms. The molecule has 5 rings (SSSR count). The van der Waals surface area contributed by atoms with Crippen LogP contribution in [0.1, 0.15) is 17.2 Å². The predicted molar refractivity (Wildman–Crippen MR) is 141 cm³/mol. The number of hydrogen-bond donors (Lipinski definition) is 0. The molecule has 3 aromatic heterocycles. The van der Waals surface area contributed by atoms with Gasteiger partial charge in [0, 0.05) is 41.9 Å². The number of benzene rings is 2. The highest BCUT2D eigenvalue weighted by Crippen LogP contribution is 2.28. The van der Waals surface area contributed by atoms with Gasteiger partial charge in [-0.25, -0.2) is 9.67 Å². The molecule has 37 heavy (non-hydrogen) atoms. The van der Waals surface area contributed by atoms with Gasteiger partial charge in [-0.15, -0.1) is 5.10 Å². The topological polar surface area (TPSA) is 95.6 Å². The fourth-order valence-electron chi connectivity index (χ4n) is 4.09. The van der Waals surface area contributed by atoms with Crippen molar-refractivity contribution in [2.45, 2.75) is 18.9 Å². The van der Waals surface area contributed by atoms with Gasteiger partial charge in [-0.3, -0.25) is 19.1 Å². The van der Waals surface area contributed by atoms with Crippen molar-refractivity contribution in [2.75, 3.05) is 0 Å². The van der Waals surface area contributed by atoms with E-state index in [0.29, 0.717) is 28.4 Å². The van der Waals surface area contributed by atoms with Crippen LogP contribution in [0.25, 0.3) is 16.9 Å². The van der Waals surface area contributed by atoms with Crippen LogP contribution in [-0.2, 0) is 17.6 Å². The third kappa shape index (κ3) is 5.66. The zero-order valence-corrected chi connectivity index (χ0v) is 20.9. The Labute approximate surface area is 222 Å². The monoisotopic (exact) mass is 530 g/mol. The van der Waals surface area contributed by atoms with Gasteiger partial charge < -0.3 is 0 Å². The molecule has 184 valence electrons. The van der Waals surface area contributed by atoms with Gasteiger partial charge >= 0.3 is 0 Å². The molecule has 0 amide bonds. The molecule has 1 atom stereocenters. The van der Waals surface area contributed by atoms with Crippen LogP contribution in [0.3, 0.4) is 0 Å². The van der Waals surface area contributed by atoms with E-state index >= 15 is 0 Å². The summed E-state index contributed by atoms with van der Waals surface area (Å²) in [6.45, 7) is 0. The molecule has 0 aliphatic heterocycles. The first-order valence-corrected chi connectivity index (χ1v) is 12.2. The minimum absolute atomic E-state index is 0.104. The molecule has 0 N–H and O–H groups in total. The minimum Gasteiger partial charge on any atom is -0.297 e. The summed E-state index contributed by atoms with van der Waals surface area (Å²) in [6.07, 6.45) is 6.76. The second-order valence-corrected chi connectivity index (χ2v) is 9.19. The van der Waals surface area contributed by atoms with Crippen LogP contribution in [0.5, 0.6) is 0 Å². The maximum absolute atomic E-state index is 13.5. The van der Waals surface area contributed by atoms with E-state index in [4.69, 9.17) is 23.2 Å². The number of Topliss-reactive ketones (excluding diaryl/α,β-unsaturated/α-hetero) is 1. The summed E-state index contributed by atoms with van der Waals surface area (Å²) in [4.78, 5) is 35.4. The Morgan fingerprint density at radius 1 is 0.946 bits per heavy atom. The van der Waals surface area contributed by atoms with Crippen LogP contribution in [0.2, 0.25) is 10.2 Å². The van der Waals surface area contributed by atoms with E-state index < -0.39 is 6.04 Å². The summed E-state index contributed by atoms with van der Waals surface area (Å²) in [5, 5.41) is 8.51. The maximum atomic E-state index is 13.5. The zero-order valence-electron chi connectivity index (χ0n) is 19.4. The summed E-state index contributed by atoms with van der Waals surface area (Å²) in [5.74, 6) is -0.104. The number of hydrogen-bond acceptors (Lipinski definition) is 6. The standard InChI is InChI=1S/C27H20Cl2N6O2/c28-20-6-7-23(35-16-26(29)32-33-35)21(14-20)22-15-27(37)34(17-31-22)24(12-18-4-2-1-3-5-18)25(36)13-19-8-10-30-11-9-19/h1-11,14-17,24H,12-13H2/t24-/m0/s1. The van der Waals surface area contributed by atoms with Crippen LogP contribution in [0.4, 0.5) is 0 Å². The van der Waals surface area contributed by atoms with E-state index in [-0.39, 0.29) is 22.9 Å². The maximum Gasteiger partial charge on any atom is 0.254 e. The van der Waals surface area contributed by atoms with Crippen molar-refractivity contribution in [3.05, 3.63) is 123 Å². The van der Waals surface area contributed by atoms with E-state index in [1.807, 2.05) is 30.3 Å². The molecule has 0 fully saturated rings. The lowest BCUT2D eigenvalue weighted by Gasteiger charge is -2.19. The smallest absolute Gasteiger partial charge is 0.254 e. The molecule has 0 radical (unpaired) electrons. The fraction of sp³-hybridized carbons (Fsp3) is 0.111. The van der Waals surface area contributed by atoms with Crippen molar-refractivity contribution in [3.63, 3.8) is 0 Å². The highest BCUT2D eigenvalue weighted by molar-refractivity contribution is 6.31. The van der Waals surface area contributed by atoms with Crippen molar-refractivity contribution in [3.8, 4) is 16.9 Å². The third-order valence-electron chi connectivity index (χ3n) is 5.89. The van der Waals surface area contributed by atoms with Crippen LogP contribution in [0.15, 0.2) is 96.4 Å². The van der Waals surface area contributed by atoms with Gasteiger partial charge in [-0.05, 0) is 41.5 Å². The number of halogens is 2. The Bertz CT molecular complexity index is 1600. The fourth-order valence-corrected chi connectivity index (χ4v) is 4.39. The van der Waals surface area contributed by atoms with Crippen LogP contribution < -0.4 is 5.56 Å². The quantitative estimate of drug-likeness (QED) is 0.286. The lowest BCUT2D eigenvalue weighted by atomic mass is 9.98. The van der Waals surface area contributed by atoms with E-state index in [2.05, 4.69) is 20.3 Å². The van der Waals surface area contributed by atoms with E-state index in [9.17, 15) is 9.59 Å². The normalized spacial score (nSPS) is 11.8.